The maximum Gasteiger partial charge on any atom is 0.248 e. The molecule has 3 rings (SSSR count). The van der Waals surface area contributed by atoms with E-state index in [1.165, 1.54) is 5.56 Å². The zero-order chi connectivity index (χ0) is 16.4. The SMILES string of the molecule is NC(=O)c1ccc(CNC(=O)[C@H]2C[C@@H]2c2cccc(Br)c2)cc1. The second-order valence-corrected chi connectivity index (χ2v) is 6.70. The van der Waals surface area contributed by atoms with Crippen LogP contribution in [-0.4, -0.2) is 11.8 Å². The van der Waals surface area contributed by atoms with Crippen LogP contribution in [0, 0.1) is 5.92 Å². The second kappa shape index (κ2) is 6.54. The molecule has 0 spiro atoms. The molecule has 3 N–H and O–H groups in total. The van der Waals surface area contributed by atoms with Gasteiger partial charge in [-0.25, -0.2) is 0 Å². The van der Waals surface area contributed by atoms with Crippen LogP contribution in [0.1, 0.15) is 33.8 Å². The van der Waals surface area contributed by atoms with Gasteiger partial charge in [0.1, 0.15) is 0 Å². The molecule has 1 aliphatic carbocycles. The average Bonchev–Trinajstić information content (AvgIpc) is 3.34. The van der Waals surface area contributed by atoms with Gasteiger partial charge in [-0.05, 0) is 47.7 Å². The Morgan fingerprint density at radius 2 is 1.91 bits per heavy atom. The molecule has 0 heterocycles. The zero-order valence-corrected chi connectivity index (χ0v) is 14.0. The van der Waals surface area contributed by atoms with Crippen LogP contribution >= 0.6 is 15.9 Å². The summed E-state index contributed by atoms with van der Waals surface area (Å²) in [6.45, 7) is 0.458. The fraction of sp³-hybridized carbons (Fsp3) is 0.222. The minimum atomic E-state index is -0.449. The van der Waals surface area contributed by atoms with E-state index in [0.29, 0.717) is 18.0 Å². The normalized spacial score (nSPS) is 19.2. The molecule has 2 atom stereocenters. The molecule has 0 aromatic heterocycles. The number of primary amides is 1. The molecule has 1 aliphatic rings. The van der Waals surface area contributed by atoms with Crippen molar-refractivity contribution in [2.45, 2.75) is 18.9 Å². The molecule has 2 amide bonds. The lowest BCUT2D eigenvalue weighted by Crippen LogP contribution is -2.25. The molecule has 2 aromatic rings. The van der Waals surface area contributed by atoms with Gasteiger partial charge in [0, 0.05) is 22.5 Å². The number of carbonyl (C=O) groups is 2. The van der Waals surface area contributed by atoms with E-state index < -0.39 is 5.91 Å². The van der Waals surface area contributed by atoms with Crippen LogP contribution in [0.3, 0.4) is 0 Å². The number of carbonyl (C=O) groups excluding carboxylic acids is 2. The van der Waals surface area contributed by atoms with E-state index in [1.807, 2.05) is 12.1 Å². The highest BCUT2D eigenvalue weighted by Gasteiger charge is 2.43. The van der Waals surface area contributed by atoms with Gasteiger partial charge in [-0.3, -0.25) is 9.59 Å². The smallest absolute Gasteiger partial charge is 0.248 e. The number of hydrogen-bond acceptors (Lipinski definition) is 2. The van der Waals surface area contributed by atoms with E-state index >= 15 is 0 Å². The van der Waals surface area contributed by atoms with Gasteiger partial charge < -0.3 is 11.1 Å². The highest BCUT2D eigenvalue weighted by atomic mass is 79.9. The molecule has 0 radical (unpaired) electrons. The molecule has 1 fully saturated rings. The first-order chi connectivity index (χ1) is 11.0. The molecule has 4 nitrogen and oxygen atoms in total. The monoisotopic (exact) mass is 372 g/mol. The Labute approximate surface area is 143 Å². The second-order valence-electron chi connectivity index (χ2n) is 5.78. The van der Waals surface area contributed by atoms with Crippen molar-refractivity contribution >= 4 is 27.7 Å². The fourth-order valence-corrected chi connectivity index (χ4v) is 3.11. The van der Waals surface area contributed by atoms with Crippen LogP contribution in [0.25, 0.3) is 0 Å². The third kappa shape index (κ3) is 3.79. The van der Waals surface area contributed by atoms with Gasteiger partial charge >= 0.3 is 0 Å². The van der Waals surface area contributed by atoms with Crippen LogP contribution in [0.5, 0.6) is 0 Å². The molecule has 0 bridgehead atoms. The number of nitrogens with two attached hydrogens (primary N) is 1. The molecule has 0 saturated heterocycles. The number of halogens is 1. The van der Waals surface area contributed by atoms with E-state index in [4.69, 9.17) is 5.73 Å². The van der Waals surface area contributed by atoms with Gasteiger partial charge in [0.05, 0.1) is 0 Å². The Bertz CT molecular complexity index is 743. The quantitative estimate of drug-likeness (QED) is 0.846. The summed E-state index contributed by atoms with van der Waals surface area (Å²) >= 11 is 3.46. The van der Waals surface area contributed by atoms with Crippen molar-refractivity contribution in [1.82, 2.24) is 5.32 Å². The highest BCUT2D eigenvalue weighted by Crippen LogP contribution is 2.47. The third-order valence-corrected chi connectivity index (χ3v) is 4.60. The molecular formula is C18H17BrN2O2. The average molecular weight is 373 g/mol. The van der Waals surface area contributed by atoms with Crippen LogP contribution in [0.15, 0.2) is 53.0 Å². The predicted octanol–water partition coefficient (Wildman–Crippen LogP) is 2.97. The van der Waals surface area contributed by atoms with Crippen LogP contribution in [0.2, 0.25) is 0 Å². The van der Waals surface area contributed by atoms with Crippen LogP contribution < -0.4 is 11.1 Å². The zero-order valence-electron chi connectivity index (χ0n) is 12.5. The first kappa shape index (κ1) is 15.7. The molecule has 0 aliphatic heterocycles. The number of amides is 2. The van der Waals surface area contributed by atoms with Gasteiger partial charge in [0.15, 0.2) is 0 Å². The Morgan fingerprint density at radius 3 is 2.57 bits per heavy atom. The van der Waals surface area contributed by atoms with Crippen LogP contribution in [-0.2, 0) is 11.3 Å². The van der Waals surface area contributed by atoms with Crippen molar-refractivity contribution in [3.8, 4) is 0 Å². The number of rotatable bonds is 5. The Balaban J connectivity index is 1.53. The summed E-state index contributed by atoms with van der Waals surface area (Å²) in [5, 5.41) is 2.96. The molecule has 0 unspecified atom stereocenters. The summed E-state index contributed by atoms with van der Waals surface area (Å²) in [5.41, 5.74) is 7.82. The van der Waals surface area contributed by atoms with Crippen molar-refractivity contribution in [2.75, 3.05) is 0 Å². The van der Waals surface area contributed by atoms with Crippen molar-refractivity contribution in [3.63, 3.8) is 0 Å². The van der Waals surface area contributed by atoms with E-state index in [9.17, 15) is 9.59 Å². The summed E-state index contributed by atoms with van der Waals surface area (Å²) < 4.78 is 1.04. The molecular weight excluding hydrogens is 356 g/mol. The number of benzene rings is 2. The Hall–Kier alpha value is -2.14. The number of nitrogens with one attached hydrogen (secondary N) is 1. The maximum atomic E-state index is 12.2. The van der Waals surface area contributed by atoms with Crippen molar-refractivity contribution < 1.29 is 9.59 Å². The van der Waals surface area contributed by atoms with E-state index in [1.54, 1.807) is 24.3 Å². The standard InChI is InChI=1S/C18H17BrN2O2/c19-14-3-1-2-13(8-14)15-9-16(15)18(23)21-10-11-4-6-12(7-5-11)17(20)22/h1-8,15-16H,9-10H2,(H2,20,22)(H,21,23)/t15-,16+/m1/s1. The molecule has 118 valence electrons. The van der Waals surface area contributed by atoms with Crippen molar-refractivity contribution in [3.05, 3.63) is 69.7 Å². The summed E-state index contributed by atoms with van der Waals surface area (Å²) in [7, 11) is 0. The lowest BCUT2D eigenvalue weighted by molar-refractivity contribution is -0.122. The number of hydrogen-bond donors (Lipinski definition) is 2. The predicted molar refractivity (Wildman–Crippen MR) is 91.8 cm³/mol. The molecule has 2 aromatic carbocycles. The van der Waals surface area contributed by atoms with Gasteiger partial charge in [0.2, 0.25) is 11.8 Å². The summed E-state index contributed by atoms with van der Waals surface area (Å²) in [5.74, 6) is -0.0108. The Kier molecular flexibility index (Phi) is 4.48. The minimum Gasteiger partial charge on any atom is -0.366 e. The Morgan fingerprint density at radius 1 is 1.17 bits per heavy atom. The van der Waals surface area contributed by atoms with E-state index in [-0.39, 0.29) is 11.8 Å². The maximum absolute atomic E-state index is 12.2. The van der Waals surface area contributed by atoms with E-state index in [0.717, 1.165) is 16.5 Å². The van der Waals surface area contributed by atoms with Crippen LogP contribution in [0.4, 0.5) is 0 Å². The summed E-state index contributed by atoms with van der Waals surface area (Å²) in [6.07, 6.45) is 0.892. The van der Waals surface area contributed by atoms with E-state index in [2.05, 4.69) is 33.4 Å². The van der Waals surface area contributed by atoms with Crippen molar-refractivity contribution in [2.24, 2.45) is 11.7 Å². The third-order valence-electron chi connectivity index (χ3n) is 4.11. The van der Waals surface area contributed by atoms with Gasteiger partial charge in [-0.15, -0.1) is 0 Å². The topological polar surface area (TPSA) is 72.2 Å². The first-order valence-electron chi connectivity index (χ1n) is 7.46. The first-order valence-corrected chi connectivity index (χ1v) is 8.26. The van der Waals surface area contributed by atoms with Gasteiger partial charge in [-0.2, -0.15) is 0 Å². The summed E-state index contributed by atoms with van der Waals surface area (Å²) in [4.78, 5) is 23.2. The van der Waals surface area contributed by atoms with Gasteiger partial charge in [0.25, 0.3) is 0 Å². The summed E-state index contributed by atoms with van der Waals surface area (Å²) in [6, 6.07) is 15.1. The minimum absolute atomic E-state index is 0.0502. The molecule has 1 saturated carbocycles. The molecule has 23 heavy (non-hydrogen) atoms. The van der Waals surface area contributed by atoms with Crippen molar-refractivity contribution in [1.29, 1.82) is 0 Å². The lowest BCUT2D eigenvalue weighted by atomic mass is 10.1. The van der Waals surface area contributed by atoms with Gasteiger partial charge in [-0.1, -0.05) is 40.2 Å². The lowest BCUT2D eigenvalue weighted by Gasteiger charge is -2.06. The highest BCUT2D eigenvalue weighted by molar-refractivity contribution is 9.10. The molecule has 5 heteroatoms. The largest absolute Gasteiger partial charge is 0.366 e. The fourth-order valence-electron chi connectivity index (χ4n) is 2.70.